The number of hydrogen-bond donors (Lipinski definition) is 3. The number of benzene rings is 1. The van der Waals surface area contributed by atoms with Gasteiger partial charge < -0.3 is 11.5 Å². The fourth-order valence-electron chi connectivity index (χ4n) is 2.39. The summed E-state index contributed by atoms with van der Waals surface area (Å²) in [5, 5.41) is 7.27. The maximum Gasteiger partial charge on any atom is 0.255 e. The van der Waals surface area contributed by atoms with Crippen molar-refractivity contribution < 1.29 is 9.18 Å². The van der Waals surface area contributed by atoms with Crippen LogP contribution in [-0.2, 0) is 0 Å². The number of nitrogens with two attached hydrogens (primary N) is 2. The van der Waals surface area contributed by atoms with Crippen molar-refractivity contribution in [2.75, 3.05) is 5.73 Å². The predicted molar refractivity (Wildman–Crippen MR) is 89.1 cm³/mol. The van der Waals surface area contributed by atoms with Crippen molar-refractivity contribution in [1.82, 2.24) is 15.2 Å². The van der Waals surface area contributed by atoms with Crippen LogP contribution in [0.15, 0.2) is 12.1 Å². The summed E-state index contributed by atoms with van der Waals surface area (Å²) in [5.74, 6) is 4.67. The molecule has 1 amide bonds. The molecule has 0 bridgehead atoms. The maximum atomic E-state index is 14.2. The van der Waals surface area contributed by atoms with E-state index in [4.69, 9.17) is 11.5 Å². The Kier molecular flexibility index (Phi) is 3.25. The van der Waals surface area contributed by atoms with E-state index < -0.39 is 11.7 Å². The second-order valence-electron chi connectivity index (χ2n) is 5.60. The molecule has 3 aromatic rings. The number of nitrogens with one attached hydrogen (secondary N) is 1. The van der Waals surface area contributed by atoms with Crippen LogP contribution in [-0.4, -0.2) is 21.1 Å². The van der Waals surface area contributed by atoms with Gasteiger partial charge in [-0.25, -0.2) is 9.37 Å². The molecule has 0 unspecified atom stereocenters. The van der Waals surface area contributed by atoms with Crippen LogP contribution in [0.1, 0.15) is 45.4 Å². The number of anilines is 1. The van der Waals surface area contributed by atoms with Gasteiger partial charge in [0.25, 0.3) is 5.91 Å². The van der Waals surface area contributed by atoms with Crippen LogP contribution >= 0.6 is 11.3 Å². The van der Waals surface area contributed by atoms with Gasteiger partial charge in [-0.1, -0.05) is 5.92 Å². The number of carbonyl (C=O) groups excluding carboxylic acids is 1. The van der Waals surface area contributed by atoms with E-state index in [1.54, 1.807) is 6.07 Å². The fourth-order valence-corrected chi connectivity index (χ4v) is 3.54. The third-order valence-corrected chi connectivity index (χ3v) is 4.96. The lowest BCUT2D eigenvalue weighted by atomic mass is 10.1. The molecule has 0 aliphatic heterocycles. The predicted octanol–water partition coefficient (Wildman–Crippen LogP) is 2.12. The van der Waals surface area contributed by atoms with E-state index in [1.807, 2.05) is 0 Å². The van der Waals surface area contributed by atoms with Crippen molar-refractivity contribution in [1.29, 1.82) is 0 Å². The fraction of sp³-hybridized carbons (Fsp3) is 0.188. The Labute approximate surface area is 140 Å². The van der Waals surface area contributed by atoms with E-state index in [9.17, 15) is 9.18 Å². The number of thiazole rings is 1. The van der Waals surface area contributed by atoms with Crippen LogP contribution in [0, 0.1) is 17.7 Å². The van der Waals surface area contributed by atoms with Gasteiger partial charge in [0.1, 0.15) is 17.1 Å². The van der Waals surface area contributed by atoms with Crippen LogP contribution in [0.3, 0.4) is 0 Å². The van der Waals surface area contributed by atoms with Crippen molar-refractivity contribution in [3.63, 3.8) is 0 Å². The number of aromatic nitrogens is 3. The molecule has 1 aliphatic rings. The minimum atomic E-state index is -0.741. The molecular formula is C16H12FN5OS. The zero-order chi connectivity index (χ0) is 16.8. The molecule has 6 nitrogen and oxygen atoms in total. The van der Waals surface area contributed by atoms with Gasteiger partial charge in [-0.05, 0) is 30.9 Å². The Morgan fingerprint density at radius 1 is 1.38 bits per heavy atom. The van der Waals surface area contributed by atoms with Gasteiger partial charge in [0, 0.05) is 5.92 Å². The highest BCUT2D eigenvalue weighted by atomic mass is 32.1. The molecule has 1 aromatic carbocycles. The molecule has 2 heterocycles. The lowest BCUT2D eigenvalue weighted by Gasteiger charge is -1.95. The van der Waals surface area contributed by atoms with E-state index in [0.29, 0.717) is 5.92 Å². The van der Waals surface area contributed by atoms with Crippen LogP contribution in [0.25, 0.3) is 10.2 Å². The number of aromatic amines is 1. The largest absolute Gasteiger partial charge is 0.382 e. The summed E-state index contributed by atoms with van der Waals surface area (Å²) < 4.78 is 15.1. The molecule has 1 fully saturated rings. The molecule has 2 aromatic heterocycles. The molecule has 24 heavy (non-hydrogen) atoms. The highest BCUT2D eigenvalue weighted by Gasteiger charge is 2.27. The van der Waals surface area contributed by atoms with E-state index in [1.165, 1.54) is 17.4 Å². The number of primary amides is 1. The van der Waals surface area contributed by atoms with Gasteiger partial charge >= 0.3 is 0 Å². The van der Waals surface area contributed by atoms with E-state index in [0.717, 1.165) is 28.1 Å². The normalized spacial score (nSPS) is 13.7. The molecule has 1 aliphatic carbocycles. The summed E-state index contributed by atoms with van der Waals surface area (Å²) in [6, 6.07) is 3.06. The third kappa shape index (κ3) is 2.49. The minimum absolute atomic E-state index is 0.00802. The number of halogens is 1. The molecule has 120 valence electrons. The highest BCUT2D eigenvalue weighted by Crippen LogP contribution is 2.43. The Morgan fingerprint density at radius 3 is 2.88 bits per heavy atom. The molecule has 0 radical (unpaired) electrons. The first-order valence-corrected chi connectivity index (χ1v) is 8.10. The van der Waals surface area contributed by atoms with E-state index in [-0.39, 0.29) is 22.6 Å². The second kappa shape index (κ2) is 5.32. The van der Waals surface area contributed by atoms with Crippen molar-refractivity contribution in [2.45, 2.75) is 18.8 Å². The Balaban J connectivity index is 1.75. The molecule has 8 heteroatoms. The van der Waals surface area contributed by atoms with Gasteiger partial charge in [-0.2, -0.15) is 5.10 Å². The third-order valence-electron chi connectivity index (χ3n) is 3.78. The molecule has 0 saturated heterocycles. The average molecular weight is 341 g/mol. The number of nitrogens with zero attached hydrogens (tertiary/aromatic N) is 2. The molecule has 4 rings (SSSR count). The smallest absolute Gasteiger partial charge is 0.255 e. The lowest BCUT2D eigenvalue weighted by molar-refractivity contribution is 0.100. The van der Waals surface area contributed by atoms with E-state index >= 15 is 0 Å². The topological polar surface area (TPSA) is 111 Å². The number of H-pyrrole nitrogens is 1. The van der Waals surface area contributed by atoms with Gasteiger partial charge in [-0.15, -0.1) is 11.3 Å². The maximum absolute atomic E-state index is 14.2. The van der Waals surface area contributed by atoms with Gasteiger partial charge in [0.15, 0.2) is 5.82 Å². The number of rotatable bonds is 2. The minimum Gasteiger partial charge on any atom is -0.382 e. The number of hydrogen-bond acceptors (Lipinski definition) is 5. The summed E-state index contributed by atoms with van der Waals surface area (Å²) in [7, 11) is 0. The summed E-state index contributed by atoms with van der Waals surface area (Å²) in [6.45, 7) is 0. The average Bonchev–Trinajstić information content (AvgIpc) is 3.20. The quantitative estimate of drug-likeness (QED) is 0.620. The van der Waals surface area contributed by atoms with Crippen LogP contribution < -0.4 is 11.5 Å². The van der Waals surface area contributed by atoms with Gasteiger partial charge in [0.05, 0.1) is 20.8 Å². The van der Waals surface area contributed by atoms with Crippen LogP contribution in [0.4, 0.5) is 10.2 Å². The number of amides is 1. The van der Waals surface area contributed by atoms with Crippen molar-refractivity contribution in [3.8, 4) is 11.8 Å². The molecule has 0 atom stereocenters. The first-order valence-electron chi connectivity index (χ1n) is 7.28. The van der Waals surface area contributed by atoms with Crippen molar-refractivity contribution >= 4 is 33.3 Å². The molecule has 0 spiro atoms. The Morgan fingerprint density at radius 2 is 2.17 bits per heavy atom. The Hall–Kier alpha value is -2.92. The van der Waals surface area contributed by atoms with Gasteiger partial charge in [0.2, 0.25) is 0 Å². The van der Waals surface area contributed by atoms with Gasteiger partial charge in [-0.3, -0.25) is 9.89 Å². The Bertz CT molecular complexity index is 1040. The molecular weight excluding hydrogens is 329 g/mol. The second-order valence-corrected chi connectivity index (χ2v) is 6.66. The van der Waals surface area contributed by atoms with Crippen LogP contribution in [0.5, 0.6) is 0 Å². The van der Waals surface area contributed by atoms with Crippen molar-refractivity contribution in [3.05, 3.63) is 39.8 Å². The number of fused-ring (bicyclic) bond motifs is 1. The number of nitrogen functional groups attached to an aromatic ring is 1. The highest BCUT2D eigenvalue weighted by molar-refractivity contribution is 7.18. The summed E-state index contributed by atoms with van der Waals surface area (Å²) in [5.41, 5.74) is 11.9. The molecule has 1 saturated carbocycles. The van der Waals surface area contributed by atoms with Crippen LogP contribution in [0.2, 0.25) is 0 Å². The zero-order valence-electron chi connectivity index (χ0n) is 12.4. The standard InChI is InChI=1S/C16H12FN5OS/c17-9-6-12-11(20-16(24-12)7-1-2-7)5-8(9)3-4-10-13(15(19)23)14(18)22-21-10/h5-7H,1-2H2,(H2,19,23)(H3,18,21,22). The summed E-state index contributed by atoms with van der Waals surface area (Å²) in [6.07, 6.45) is 2.29. The SMILES string of the molecule is NC(=O)c1c(N)n[nH]c1C#Cc1cc2nc(C3CC3)sc2cc1F. The lowest BCUT2D eigenvalue weighted by Crippen LogP contribution is -2.13. The first-order chi connectivity index (χ1) is 11.5. The first kappa shape index (κ1) is 14.7. The zero-order valence-corrected chi connectivity index (χ0v) is 13.2. The molecule has 5 N–H and O–H groups in total. The van der Waals surface area contributed by atoms with E-state index in [2.05, 4.69) is 27.0 Å². The monoisotopic (exact) mass is 341 g/mol. The summed E-state index contributed by atoms with van der Waals surface area (Å²) >= 11 is 1.52. The van der Waals surface area contributed by atoms with Crippen molar-refractivity contribution in [2.24, 2.45) is 5.73 Å². The summed E-state index contributed by atoms with van der Waals surface area (Å²) in [4.78, 5) is 15.9. The number of carbonyl (C=O) groups is 1.